The van der Waals surface area contributed by atoms with Crippen LogP contribution in [0.1, 0.15) is 53.9 Å². The van der Waals surface area contributed by atoms with Crippen molar-refractivity contribution in [2.24, 2.45) is 23.2 Å². The van der Waals surface area contributed by atoms with Crippen LogP contribution in [0.3, 0.4) is 0 Å². The van der Waals surface area contributed by atoms with E-state index in [0.29, 0.717) is 24.9 Å². The average Bonchev–Trinajstić information content (AvgIpc) is 2.66. The van der Waals surface area contributed by atoms with Gasteiger partial charge >= 0.3 is 5.97 Å². The minimum absolute atomic E-state index is 0.214. The van der Waals surface area contributed by atoms with Gasteiger partial charge in [-0.15, -0.1) is 0 Å². The predicted molar refractivity (Wildman–Crippen MR) is 78.1 cm³/mol. The number of carbonyl (C=O) groups is 2. The van der Waals surface area contributed by atoms with Gasteiger partial charge in [0.2, 0.25) is 0 Å². The molecule has 2 aliphatic rings. The Hall–Kier alpha value is -1.12. The summed E-state index contributed by atoms with van der Waals surface area (Å²) in [6, 6.07) is 0. The summed E-state index contributed by atoms with van der Waals surface area (Å²) in [5.41, 5.74) is 2.09. The molecule has 0 aromatic rings. The van der Waals surface area contributed by atoms with Crippen molar-refractivity contribution < 1.29 is 14.3 Å². The lowest BCUT2D eigenvalue weighted by molar-refractivity contribution is -0.145. The molecular formula is C17H26O3. The molecule has 2 rings (SSSR count). The second-order valence-corrected chi connectivity index (χ2v) is 6.95. The molecule has 2 aliphatic carbocycles. The largest absolute Gasteiger partial charge is 0.465 e. The standard InChI is InChI=1S/C17H26O3/c1-10(2)15-14(19)8-17(9-20-13(5)18)7-6-11(3)12(4)16(15)17/h10-12H,6-9H2,1-5H3. The summed E-state index contributed by atoms with van der Waals surface area (Å²) in [5.74, 6) is 1.27. The molecule has 0 spiro atoms. The van der Waals surface area contributed by atoms with Crippen molar-refractivity contribution >= 4 is 11.8 Å². The van der Waals surface area contributed by atoms with Crippen molar-refractivity contribution in [2.45, 2.75) is 53.9 Å². The number of rotatable bonds is 3. The van der Waals surface area contributed by atoms with Crippen LogP contribution in [0.15, 0.2) is 11.1 Å². The number of hydrogen-bond acceptors (Lipinski definition) is 3. The third kappa shape index (κ3) is 2.43. The van der Waals surface area contributed by atoms with Gasteiger partial charge in [-0.05, 0) is 36.2 Å². The van der Waals surface area contributed by atoms with Crippen molar-refractivity contribution in [3.05, 3.63) is 11.1 Å². The minimum Gasteiger partial charge on any atom is -0.465 e. The lowest BCUT2D eigenvalue weighted by Gasteiger charge is -2.42. The maximum atomic E-state index is 12.5. The third-order valence-corrected chi connectivity index (χ3v) is 5.18. The van der Waals surface area contributed by atoms with E-state index in [1.54, 1.807) is 0 Å². The Labute approximate surface area is 121 Å². The molecule has 0 amide bonds. The van der Waals surface area contributed by atoms with Crippen molar-refractivity contribution in [3.8, 4) is 0 Å². The first-order valence-electron chi connectivity index (χ1n) is 7.69. The highest BCUT2D eigenvalue weighted by Gasteiger charge is 2.51. The Balaban J connectivity index is 2.44. The van der Waals surface area contributed by atoms with E-state index in [1.165, 1.54) is 12.5 Å². The summed E-state index contributed by atoms with van der Waals surface area (Å²) in [5, 5.41) is 0. The normalized spacial score (nSPS) is 33.6. The van der Waals surface area contributed by atoms with Crippen LogP contribution in [0, 0.1) is 23.2 Å². The van der Waals surface area contributed by atoms with Crippen LogP contribution in [0.4, 0.5) is 0 Å². The summed E-state index contributed by atoms with van der Waals surface area (Å²) >= 11 is 0. The molecule has 0 aromatic carbocycles. The zero-order chi connectivity index (χ0) is 15.1. The molecule has 0 aromatic heterocycles. The van der Waals surface area contributed by atoms with E-state index in [-0.39, 0.29) is 23.1 Å². The molecule has 20 heavy (non-hydrogen) atoms. The minimum atomic E-state index is -0.254. The van der Waals surface area contributed by atoms with Crippen molar-refractivity contribution in [1.29, 1.82) is 0 Å². The summed E-state index contributed by atoms with van der Waals surface area (Å²) < 4.78 is 5.32. The fourth-order valence-corrected chi connectivity index (χ4v) is 4.00. The summed E-state index contributed by atoms with van der Waals surface area (Å²) in [6.07, 6.45) is 2.59. The number of carbonyl (C=O) groups excluding carboxylic acids is 2. The molecule has 1 fully saturated rings. The van der Waals surface area contributed by atoms with E-state index in [1.807, 2.05) is 0 Å². The highest BCUT2D eigenvalue weighted by Crippen LogP contribution is 2.55. The molecule has 3 nitrogen and oxygen atoms in total. The highest BCUT2D eigenvalue weighted by atomic mass is 16.5. The average molecular weight is 278 g/mol. The molecule has 0 aliphatic heterocycles. The first-order chi connectivity index (χ1) is 9.28. The first-order valence-corrected chi connectivity index (χ1v) is 7.69. The summed E-state index contributed by atoms with van der Waals surface area (Å²) in [4.78, 5) is 23.7. The SMILES string of the molecule is CC(=O)OCC12CCC(C)C(C)C1=C(C(C)C)C(=O)C2. The van der Waals surface area contributed by atoms with E-state index in [4.69, 9.17) is 4.74 Å². The highest BCUT2D eigenvalue weighted by molar-refractivity contribution is 6.00. The van der Waals surface area contributed by atoms with Crippen molar-refractivity contribution in [1.82, 2.24) is 0 Å². The molecule has 1 saturated carbocycles. The molecule has 3 atom stereocenters. The Kier molecular flexibility index (Phi) is 4.08. The van der Waals surface area contributed by atoms with Gasteiger partial charge in [0.05, 0.1) is 0 Å². The van der Waals surface area contributed by atoms with Gasteiger partial charge in [0.25, 0.3) is 0 Å². The first kappa shape index (κ1) is 15.3. The van der Waals surface area contributed by atoms with Crippen molar-refractivity contribution in [3.63, 3.8) is 0 Å². The molecular weight excluding hydrogens is 252 g/mol. The number of esters is 1. The lowest BCUT2D eigenvalue weighted by Crippen LogP contribution is -2.37. The zero-order valence-electron chi connectivity index (χ0n) is 13.3. The number of allylic oxidation sites excluding steroid dienone is 1. The van der Waals surface area contributed by atoms with Crippen molar-refractivity contribution in [2.75, 3.05) is 6.61 Å². The van der Waals surface area contributed by atoms with Crippen LogP contribution in [-0.4, -0.2) is 18.4 Å². The summed E-state index contributed by atoms with van der Waals surface area (Å²) in [7, 11) is 0. The van der Waals surface area contributed by atoms with E-state index < -0.39 is 0 Å². The number of ketones is 1. The maximum absolute atomic E-state index is 12.5. The van der Waals surface area contributed by atoms with Gasteiger partial charge in [-0.2, -0.15) is 0 Å². The zero-order valence-corrected chi connectivity index (χ0v) is 13.3. The molecule has 0 radical (unpaired) electrons. The molecule has 0 heterocycles. The molecule has 0 saturated heterocycles. The van der Waals surface area contributed by atoms with Gasteiger partial charge in [0, 0.05) is 18.8 Å². The van der Waals surface area contributed by atoms with Gasteiger partial charge in [0.1, 0.15) is 6.61 Å². The number of hydrogen-bond donors (Lipinski definition) is 0. The maximum Gasteiger partial charge on any atom is 0.302 e. The Morgan fingerprint density at radius 3 is 2.60 bits per heavy atom. The molecule has 112 valence electrons. The van der Waals surface area contributed by atoms with Crippen LogP contribution >= 0.6 is 0 Å². The molecule has 3 unspecified atom stereocenters. The van der Waals surface area contributed by atoms with Crippen LogP contribution < -0.4 is 0 Å². The smallest absolute Gasteiger partial charge is 0.302 e. The van der Waals surface area contributed by atoms with Gasteiger partial charge < -0.3 is 4.74 Å². The number of ether oxygens (including phenoxy) is 1. The molecule has 0 N–H and O–H groups in total. The summed E-state index contributed by atoms with van der Waals surface area (Å²) in [6.45, 7) is 10.5. The molecule has 3 heteroatoms. The number of fused-ring (bicyclic) bond motifs is 1. The van der Waals surface area contributed by atoms with Crippen LogP contribution in [0.25, 0.3) is 0 Å². The second-order valence-electron chi connectivity index (χ2n) is 6.95. The quantitative estimate of drug-likeness (QED) is 0.742. The van der Waals surface area contributed by atoms with Gasteiger partial charge in [-0.3, -0.25) is 9.59 Å². The Morgan fingerprint density at radius 1 is 1.40 bits per heavy atom. The van der Waals surface area contributed by atoms with E-state index in [2.05, 4.69) is 27.7 Å². The monoisotopic (exact) mass is 278 g/mol. The third-order valence-electron chi connectivity index (χ3n) is 5.18. The fourth-order valence-electron chi connectivity index (χ4n) is 4.00. The van der Waals surface area contributed by atoms with Gasteiger partial charge in [-0.25, -0.2) is 0 Å². The van der Waals surface area contributed by atoms with Gasteiger partial charge in [-0.1, -0.05) is 33.3 Å². The Morgan fingerprint density at radius 2 is 2.05 bits per heavy atom. The van der Waals surface area contributed by atoms with Crippen LogP contribution in [0.5, 0.6) is 0 Å². The van der Waals surface area contributed by atoms with E-state index >= 15 is 0 Å². The Bertz CT molecular complexity index is 461. The van der Waals surface area contributed by atoms with E-state index in [0.717, 1.165) is 18.4 Å². The predicted octanol–water partition coefficient (Wildman–Crippen LogP) is 3.53. The lowest BCUT2D eigenvalue weighted by atomic mass is 9.63. The van der Waals surface area contributed by atoms with Crippen LogP contribution in [0.2, 0.25) is 0 Å². The fraction of sp³-hybridized carbons (Fsp3) is 0.765. The van der Waals surface area contributed by atoms with E-state index in [9.17, 15) is 9.59 Å². The second kappa shape index (κ2) is 5.34. The number of Topliss-reactive ketones (excluding diaryl/α,β-unsaturated/α-hetero) is 1. The van der Waals surface area contributed by atoms with Crippen LogP contribution in [-0.2, 0) is 14.3 Å². The molecule has 0 bridgehead atoms. The van der Waals surface area contributed by atoms with Gasteiger partial charge in [0.15, 0.2) is 5.78 Å². The topological polar surface area (TPSA) is 43.4 Å².